The average Bonchev–Trinajstić information content (AvgIpc) is 2.52. The Morgan fingerprint density at radius 3 is 2.77 bits per heavy atom. The molecule has 118 valence electrons. The third-order valence-electron chi connectivity index (χ3n) is 4.38. The van der Waals surface area contributed by atoms with Crippen LogP contribution in [0, 0.1) is 5.92 Å². The van der Waals surface area contributed by atoms with Crippen LogP contribution in [-0.4, -0.2) is 23.1 Å². The van der Waals surface area contributed by atoms with E-state index in [0.717, 1.165) is 12.8 Å². The number of rotatable bonds is 4. The van der Waals surface area contributed by atoms with Gasteiger partial charge in [0.05, 0.1) is 12.0 Å². The van der Waals surface area contributed by atoms with Gasteiger partial charge < -0.3 is 14.6 Å². The number of aliphatic hydroxyl groups is 1. The highest BCUT2D eigenvalue weighted by molar-refractivity contribution is 5.96. The Balaban J connectivity index is 1.68. The van der Waals surface area contributed by atoms with E-state index in [4.69, 9.17) is 9.47 Å². The first-order valence-corrected chi connectivity index (χ1v) is 8.02. The molecule has 0 radical (unpaired) electrons. The molecule has 0 amide bonds. The molecule has 1 heterocycles. The van der Waals surface area contributed by atoms with Gasteiger partial charge in [0.1, 0.15) is 18.1 Å². The van der Waals surface area contributed by atoms with Gasteiger partial charge in [0.25, 0.3) is 0 Å². The Labute approximate surface area is 130 Å². The summed E-state index contributed by atoms with van der Waals surface area (Å²) in [5, 5.41) is 9.66. The lowest BCUT2D eigenvalue weighted by atomic mass is 9.80. The molecular weight excluding hydrogens is 280 g/mol. The molecule has 1 aliphatic carbocycles. The summed E-state index contributed by atoms with van der Waals surface area (Å²) in [5.41, 5.74) is 1.26. The van der Waals surface area contributed by atoms with Crippen molar-refractivity contribution in [1.29, 1.82) is 0 Å². The SMILES string of the molecule is CCCc1ccc(OC2=COC3CC(O)CCC3C2=O)cc1. The summed E-state index contributed by atoms with van der Waals surface area (Å²) in [6.45, 7) is 2.14. The van der Waals surface area contributed by atoms with Gasteiger partial charge in [-0.15, -0.1) is 0 Å². The van der Waals surface area contributed by atoms with Crippen LogP contribution in [0.1, 0.15) is 38.2 Å². The predicted octanol–water partition coefficient (Wildman–Crippen LogP) is 2.99. The van der Waals surface area contributed by atoms with Crippen LogP contribution < -0.4 is 4.74 Å². The van der Waals surface area contributed by atoms with Gasteiger partial charge in [-0.2, -0.15) is 0 Å². The van der Waals surface area contributed by atoms with E-state index in [1.165, 1.54) is 11.8 Å². The molecule has 1 fully saturated rings. The highest BCUT2D eigenvalue weighted by atomic mass is 16.5. The Hall–Kier alpha value is -1.81. The van der Waals surface area contributed by atoms with Crippen molar-refractivity contribution in [3.63, 3.8) is 0 Å². The van der Waals surface area contributed by atoms with E-state index in [2.05, 4.69) is 6.92 Å². The van der Waals surface area contributed by atoms with Crippen molar-refractivity contribution in [3.05, 3.63) is 41.9 Å². The minimum Gasteiger partial charge on any atom is -0.493 e. The molecule has 1 aromatic rings. The molecule has 1 saturated carbocycles. The summed E-state index contributed by atoms with van der Waals surface area (Å²) < 4.78 is 11.3. The summed E-state index contributed by atoms with van der Waals surface area (Å²) in [5.74, 6) is 0.710. The molecule has 0 aromatic heterocycles. The van der Waals surface area contributed by atoms with Crippen LogP contribution >= 0.6 is 0 Å². The van der Waals surface area contributed by atoms with E-state index in [-0.39, 0.29) is 29.7 Å². The second-order valence-electron chi connectivity index (χ2n) is 6.09. The van der Waals surface area contributed by atoms with Crippen LogP contribution in [0.3, 0.4) is 0 Å². The van der Waals surface area contributed by atoms with E-state index >= 15 is 0 Å². The number of aliphatic hydroxyl groups excluding tert-OH is 1. The zero-order valence-corrected chi connectivity index (χ0v) is 12.8. The maximum atomic E-state index is 12.5. The molecule has 3 rings (SSSR count). The Morgan fingerprint density at radius 2 is 2.05 bits per heavy atom. The van der Waals surface area contributed by atoms with Crippen LogP contribution in [0.5, 0.6) is 5.75 Å². The average molecular weight is 302 g/mol. The van der Waals surface area contributed by atoms with Crippen LogP contribution in [0.2, 0.25) is 0 Å². The van der Waals surface area contributed by atoms with Gasteiger partial charge >= 0.3 is 0 Å². The van der Waals surface area contributed by atoms with E-state index in [9.17, 15) is 9.90 Å². The normalized spacial score (nSPS) is 27.6. The van der Waals surface area contributed by atoms with E-state index in [1.807, 2.05) is 24.3 Å². The van der Waals surface area contributed by atoms with Crippen LogP contribution in [-0.2, 0) is 16.0 Å². The third kappa shape index (κ3) is 3.17. The number of carbonyl (C=O) groups is 1. The number of benzene rings is 1. The molecule has 3 unspecified atom stereocenters. The van der Waals surface area contributed by atoms with E-state index in [1.54, 1.807) is 0 Å². The summed E-state index contributed by atoms with van der Waals surface area (Å²) in [4.78, 5) is 12.5. The Kier molecular flexibility index (Phi) is 4.48. The Morgan fingerprint density at radius 1 is 1.27 bits per heavy atom. The van der Waals surface area contributed by atoms with Gasteiger partial charge in [-0.1, -0.05) is 25.5 Å². The first-order valence-electron chi connectivity index (χ1n) is 8.02. The van der Waals surface area contributed by atoms with E-state index in [0.29, 0.717) is 25.0 Å². The lowest BCUT2D eigenvalue weighted by molar-refractivity contribution is -0.132. The quantitative estimate of drug-likeness (QED) is 0.929. The van der Waals surface area contributed by atoms with Crippen molar-refractivity contribution in [1.82, 2.24) is 0 Å². The van der Waals surface area contributed by atoms with Gasteiger partial charge in [-0.25, -0.2) is 0 Å². The molecule has 4 heteroatoms. The highest BCUT2D eigenvalue weighted by Gasteiger charge is 2.40. The second-order valence-corrected chi connectivity index (χ2v) is 6.09. The number of fused-ring (bicyclic) bond motifs is 1. The minimum absolute atomic E-state index is 0.0132. The summed E-state index contributed by atoms with van der Waals surface area (Å²) in [6, 6.07) is 7.81. The fourth-order valence-corrected chi connectivity index (χ4v) is 3.16. The first-order chi connectivity index (χ1) is 10.7. The van der Waals surface area contributed by atoms with Gasteiger partial charge in [0.15, 0.2) is 0 Å². The number of hydrogen-bond donors (Lipinski definition) is 1. The summed E-state index contributed by atoms with van der Waals surface area (Å²) >= 11 is 0. The number of ether oxygens (including phenoxy) is 2. The predicted molar refractivity (Wildman–Crippen MR) is 82.4 cm³/mol. The lowest BCUT2D eigenvalue weighted by Gasteiger charge is -2.35. The molecule has 1 N–H and O–H groups in total. The van der Waals surface area contributed by atoms with E-state index < -0.39 is 0 Å². The summed E-state index contributed by atoms with van der Waals surface area (Å²) in [6.07, 6.45) is 4.79. The number of carbonyl (C=O) groups excluding carboxylic acids is 1. The highest BCUT2D eigenvalue weighted by Crippen LogP contribution is 2.33. The maximum absolute atomic E-state index is 12.5. The largest absolute Gasteiger partial charge is 0.493 e. The van der Waals surface area contributed by atoms with Gasteiger partial charge in [-0.05, 0) is 37.0 Å². The standard InChI is InChI=1S/C18H22O4/c1-2-3-12-4-7-14(8-5-12)22-17-11-21-16-10-13(19)6-9-15(16)18(17)20/h4-5,7-8,11,13,15-16,19H,2-3,6,9-10H2,1H3. The lowest BCUT2D eigenvalue weighted by Crippen LogP contribution is -2.41. The number of ketones is 1. The Bertz CT molecular complexity index is 561. The molecule has 1 aromatic carbocycles. The molecule has 2 aliphatic rings. The molecule has 0 bridgehead atoms. The molecule has 22 heavy (non-hydrogen) atoms. The zero-order valence-electron chi connectivity index (χ0n) is 12.8. The minimum atomic E-state index is -0.365. The first kappa shape index (κ1) is 15.1. The van der Waals surface area contributed by atoms with Crippen LogP contribution in [0.15, 0.2) is 36.3 Å². The van der Waals surface area contributed by atoms with Gasteiger partial charge in [-0.3, -0.25) is 4.79 Å². The molecule has 4 nitrogen and oxygen atoms in total. The number of hydrogen-bond acceptors (Lipinski definition) is 4. The van der Waals surface area contributed by atoms with Crippen molar-refractivity contribution in [3.8, 4) is 5.75 Å². The molecule has 0 saturated heterocycles. The topological polar surface area (TPSA) is 55.8 Å². The van der Waals surface area contributed by atoms with Gasteiger partial charge in [0.2, 0.25) is 11.5 Å². The number of aryl methyl sites for hydroxylation is 1. The number of allylic oxidation sites excluding steroid dienone is 1. The van der Waals surface area contributed by atoms with Gasteiger partial charge in [0, 0.05) is 6.42 Å². The molecule has 1 aliphatic heterocycles. The third-order valence-corrected chi connectivity index (χ3v) is 4.38. The molecular formula is C18H22O4. The second kappa shape index (κ2) is 6.53. The van der Waals surface area contributed by atoms with Crippen molar-refractivity contribution in [2.24, 2.45) is 5.92 Å². The van der Waals surface area contributed by atoms with Crippen molar-refractivity contribution < 1.29 is 19.4 Å². The zero-order chi connectivity index (χ0) is 15.5. The monoisotopic (exact) mass is 302 g/mol. The smallest absolute Gasteiger partial charge is 0.207 e. The van der Waals surface area contributed by atoms with Crippen molar-refractivity contribution >= 4 is 5.78 Å². The van der Waals surface area contributed by atoms with Crippen molar-refractivity contribution in [2.45, 2.75) is 51.2 Å². The maximum Gasteiger partial charge on any atom is 0.207 e. The molecule has 0 spiro atoms. The molecule has 3 atom stereocenters. The van der Waals surface area contributed by atoms with Crippen molar-refractivity contribution in [2.75, 3.05) is 0 Å². The number of Topliss-reactive ketones (excluding diaryl/α,β-unsaturated/α-hetero) is 1. The van der Waals surface area contributed by atoms with Crippen LogP contribution in [0.25, 0.3) is 0 Å². The summed E-state index contributed by atoms with van der Waals surface area (Å²) in [7, 11) is 0. The fraction of sp³-hybridized carbons (Fsp3) is 0.500. The fourth-order valence-electron chi connectivity index (χ4n) is 3.16. The van der Waals surface area contributed by atoms with Crippen LogP contribution in [0.4, 0.5) is 0 Å².